The number of carbonyl (C=O) groups is 1. The number of nitrogens with two attached hydrogens (primary N) is 1. The molecular formula is C13H20N4O2. The van der Waals surface area contributed by atoms with E-state index in [1.165, 1.54) is 0 Å². The van der Waals surface area contributed by atoms with Crippen LogP contribution in [0.4, 0.5) is 11.5 Å². The number of rotatable bonds is 4. The molecule has 0 spiro atoms. The Morgan fingerprint density at radius 1 is 1.42 bits per heavy atom. The van der Waals surface area contributed by atoms with Crippen LogP contribution in [0.25, 0.3) is 0 Å². The van der Waals surface area contributed by atoms with Crippen LogP contribution < -0.4 is 10.6 Å². The fourth-order valence-electron chi connectivity index (χ4n) is 2.44. The molecule has 0 radical (unpaired) electrons. The molecule has 0 aromatic carbocycles. The van der Waals surface area contributed by atoms with Crippen LogP contribution in [0.5, 0.6) is 0 Å². The first-order valence-corrected chi connectivity index (χ1v) is 6.55. The SMILES string of the molecule is CCC(C(=O)O)N1CCN(c2ccc(N)cn2)CC1. The van der Waals surface area contributed by atoms with Crippen LogP contribution in [0.1, 0.15) is 13.3 Å². The first kappa shape index (κ1) is 13.6. The summed E-state index contributed by atoms with van der Waals surface area (Å²) in [5.74, 6) is 0.166. The molecule has 0 aliphatic carbocycles. The maximum atomic E-state index is 11.1. The number of carboxylic acid groups (broad SMARTS) is 1. The normalized spacial score (nSPS) is 18.3. The van der Waals surface area contributed by atoms with Crippen molar-refractivity contribution in [2.75, 3.05) is 36.8 Å². The average molecular weight is 264 g/mol. The maximum absolute atomic E-state index is 11.1. The van der Waals surface area contributed by atoms with Crippen molar-refractivity contribution in [2.45, 2.75) is 19.4 Å². The Bertz CT molecular complexity index is 427. The van der Waals surface area contributed by atoms with Gasteiger partial charge in [-0.15, -0.1) is 0 Å². The van der Waals surface area contributed by atoms with Gasteiger partial charge in [-0.3, -0.25) is 9.69 Å². The molecule has 0 amide bonds. The Labute approximate surface area is 112 Å². The number of piperazine rings is 1. The Morgan fingerprint density at radius 2 is 2.11 bits per heavy atom. The van der Waals surface area contributed by atoms with Crippen LogP contribution in [0.3, 0.4) is 0 Å². The minimum atomic E-state index is -0.735. The van der Waals surface area contributed by atoms with Gasteiger partial charge in [0.15, 0.2) is 0 Å². The van der Waals surface area contributed by atoms with E-state index in [4.69, 9.17) is 10.8 Å². The predicted molar refractivity (Wildman–Crippen MR) is 74.2 cm³/mol. The minimum absolute atomic E-state index is 0.374. The van der Waals surface area contributed by atoms with Gasteiger partial charge in [-0.05, 0) is 18.6 Å². The van der Waals surface area contributed by atoms with Crippen LogP contribution in [-0.4, -0.2) is 53.2 Å². The molecule has 2 heterocycles. The third-order valence-electron chi connectivity index (χ3n) is 3.52. The molecule has 2 rings (SSSR count). The van der Waals surface area contributed by atoms with E-state index >= 15 is 0 Å². The zero-order valence-corrected chi connectivity index (χ0v) is 11.1. The zero-order valence-electron chi connectivity index (χ0n) is 11.1. The van der Waals surface area contributed by atoms with Crippen molar-refractivity contribution in [2.24, 2.45) is 0 Å². The second kappa shape index (κ2) is 5.88. The van der Waals surface area contributed by atoms with Crippen molar-refractivity contribution in [1.29, 1.82) is 0 Å². The smallest absolute Gasteiger partial charge is 0.320 e. The number of aliphatic carboxylic acids is 1. The van der Waals surface area contributed by atoms with Crippen LogP contribution in [0.2, 0.25) is 0 Å². The van der Waals surface area contributed by atoms with E-state index in [0.29, 0.717) is 12.1 Å². The quantitative estimate of drug-likeness (QED) is 0.831. The number of aromatic nitrogens is 1. The number of anilines is 2. The molecular weight excluding hydrogens is 244 g/mol. The summed E-state index contributed by atoms with van der Waals surface area (Å²) in [5.41, 5.74) is 6.27. The number of pyridine rings is 1. The van der Waals surface area contributed by atoms with Gasteiger partial charge in [0.1, 0.15) is 11.9 Å². The van der Waals surface area contributed by atoms with Gasteiger partial charge in [-0.1, -0.05) is 6.92 Å². The summed E-state index contributed by atoms with van der Waals surface area (Å²) in [6.45, 7) is 4.99. The standard InChI is InChI=1S/C13H20N4O2/c1-2-11(13(18)19)16-5-7-17(8-6-16)12-4-3-10(14)9-15-12/h3-4,9,11H,2,5-8,14H2,1H3,(H,18,19). The summed E-state index contributed by atoms with van der Waals surface area (Å²) < 4.78 is 0. The lowest BCUT2D eigenvalue weighted by molar-refractivity contribution is -0.143. The van der Waals surface area contributed by atoms with E-state index in [1.807, 2.05) is 24.0 Å². The van der Waals surface area contributed by atoms with Crippen LogP contribution in [-0.2, 0) is 4.79 Å². The second-order valence-electron chi connectivity index (χ2n) is 4.74. The summed E-state index contributed by atoms with van der Waals surface area (Å²) in [6, 6.07) is 3.36. The van der Waals surface area contributed by atoms with Crippen molar-refractivity contribution < 1.29 is 9.90 Å². The van der Waals surface area contributed by atoms with E-state index in [-0.39, 0.29) is 6.04 Å². The molecule has 1 aliphatic rings. The fraction of sp³-hybridized carbons (Fsp3) is 0.538. The molecule has 3 N–H and O–H groups in total. The third kappa shape index (κ3) is 3.14. The average Bonchev–Trinajstić information content (AvgIpc) is 2.41. The van der Waals surface area contributed by atoms with E-state index in [1.54, 1.807) is 6.20 Å². The molecule has 6 nitrogen and oxygen atoms in total. The van der Waals surface area contributed by atoms with E-state index in [9.17, 15) is 4.79 Å². The highest BCUT2D eigenvalue weighted by atomic mass is 16.4. The molecule has 1 saturated heterocycles. The lowest BCUT2D eigenvalue weighted by Crippen LogP contribution is -2.52. The number of hydrogen-bond donors (Lipinski definition) is 2. The number of hydrogen-bond acceptors (Lipinski definition) is 5. The second-order valence-corrected chi connectivity index (χ2v) is 4.74. The molecule has 1 atom stereocenters. The van der Waals surface area contributed by atoms with E-state index in [2.05, 4.69) is 9.88 Å². The van der Waals surface area contributed by atoms with Gasteiger partial charge in [0.05, 0.1) is 11.9 Å². The first-order valence-electron chi connectivity index (χ1n) is 6.55. The van der Waals surface area contributed by atoms with Crippen LogP contribution in [0, 0.1) is 0 Å². The molecule has 1 aromatic rings. The summed E-state index contributed by atoms with van der Waals surface area (Å²) >= 11 is 0. The lowest BCUT2D eigenvalue weighted by atomic mass is 10.1. The summed E-state index contributed by atoms with van der Waals surface area (Å²) in [7, 11) is 0. The highest BCUT2D eigenvalue weighted by Crippen LogP contribution is 2.16. The van der Waals surface area contributed by atoms with E-state index in [0.717, 1.165) is 32.0 Å². The zero-order chi connectivity index (χ0) is 13.8. The van der Waals surface area contributed by atoms with Crippen molar-refractivity contribution in [3.05, 3.63) is 18.3 Å². The summed E-state index contributed by atoms with van der Waals surface area (Å²) in [5, 5.41) is 9.16. The molecule has 1 unspecified atom stereocenters. The lowest BCUT2D eigenvalue weighted by Gasteiger charge is -2.37. The minimum Gasteiger partial charge on any atom is -0.480 e. The van der Waals surface area contributed by atoms with Gasteiger partial charge in [0.25, 0.3) is 0 Å². The Balaban J connectivity index is 1.95. The van der Waals surface area contributed by atoms with Crippen LogP contribution in [0.15, 0.2) is 18.3 Å². The Hall–Kier alpha value is -1.82. The highest BCUT2D eigenvalue weighted by molar-refractivity contribution is 5.73. The van der Waals surface area contributed by atoms with Gasteiger partial charge in [-0.2, -0.15) is 0 Å². The Morgan fingerprint density at radius 3 is 2.58 bits per heavy atom. The predicted octanol–water partition coefficient (Wildman–Crippen LogP) is 0.649. The molecule has 1 fully saturated rings. The molecule has 6 heteroatoms. The Kier molecular flexibility index (Phi) is 4.21. The molecule has 0 saturated carbocycles. The van der Waals surface area contributed by atoms with Gasteiger partial charge in [0, 0.05) is 26.2 Å². The monoisotopic (exact) mass is 264 g/mol. The van der Waals surface area contributed by atoms with Gasteiger partial charge in [0.2, 0.25) is 0 Å². The number of nitrogen functional groups attached to an aromatic ring is 1. The molecule has 0 bridgehead atoms. The summed E-state index contributed by atoms with van der Waals surface area (Å²) in [6.07, 6.45) is 2.28. The number of carboxylic acids is 1. The summed E-state index contributed by atoms with van der Waals surface area (Å²) in [4.78, 5) is 19.6. The molecule has 1 aromatic heterocycles. The van der Waals surface area contributed by atoms with E-state index < -0.39 is 5.97 Å². The molecule has 19 heavy (non-hydrogen) atoms. The van der Waals surface area contributed by atoms with Crippen molar-refractivity contribution >= 4 is 17.5 Å². The molecule has 104 valence electrons. The maximum Gasteiger partial charge on any atom is 0.320 e. The van der Waals surface area contributed by atoms with Crippen LogP contribution >= 0.6 is 0 Å². The largest absolute Gasteiger partial charge is 0.480 e. The van der Waals surface area contributed by atoms with Crippen molar-refractivity contribution in [1.82, 2.24) is 9.88 Å². The van der Waals surface area contributed by atoms with Crippen molar-refractivity contribution in [3.63, 3.8) is 0 Å². The molecule has 1 aliphatic heterocycles. The van der Waals surface area contributed by atoms with Gasteiger partial charge >= 0.3 is 5.97 Å². The topological polar surface area (TPSA) is 82.7 Å². The first-order chi connectivity index (χ1) is 9.11. The number of nitrogens with zero attached hydrogens (tertiary/aromatic N) is 3. The van der Waals surface area contributed by atoms with Crippen molar-refractivity contribution in [3.8, 4) is 0 Å². The third-order valence-corrected chi connectivity index (χ3v) is 3.52. The van der Waals surface area contributed by atoms with Gasteiger partial charge in [-0.25, -0.2) is 4.98 Å². The fourth-order valence-corrected chi connectivity index (χ4v) is 2.44. The highest BCUT2D eigenvalue weighted by Gasteiger charge is 2.27. The van der Waals surface area contributed by atoms with Gasteiger partial charge < -0.3 is 15.7 Å².